The smallest absolute Gasteiger partial charge is 0.220 e. The van der Waals surface area contributed by atoms with Gasteiger partial charge in [-0.25, -0.2) is 0 Å². The van der Waals surface area contributed by atoms with Crippen LogP contribution in [0.1, 0.15) is 24.7 Å². The Kier molecular flexibility index (Phi) is 5.92. The second-order valence-corrected chi connectivity index (χ2v) is 5.70. The molecule has 0 radical (unpaired) electrons. The first kappa shape index (κ1) is 17.6. The van der Waals surface area contributed by atoms with Crippen molar-refractivity contribution in [3.05, 3.63) is 66.0 Å². The van der Waals surface area contributed by atoms with E-state index in [1.807, 2.05) is 61.5 Å². The van der Waals surface area contributed by atoms with Crippen molar-refractivity contribution in [2.24, 2.45) is 0 Å². The van der Waals surface area contributed by atoms with Gasteiger partial charge in [0.1, 0.15) is 5.75 Å². The van der Waals surface area contributed by atoms with Crippen LogP contribution in [0.5, 0.6) is 5.75 Å². The second-order valence-electron chi connectivity index (χ2n) is 5.70. The lowest BCUT2D eigenvalue weighted by atomic mass is 10.1. The van der Waals surface area contributed by atoms with E-state index >= 15 is 0 Å². The Bertz CT molecular complexity index is 831. The van der Waals surface area contributed by atoms with Crippen molar-refractivity contribution in [1.82, 2.24) is 25.5 Å². The molecule has 0 bridgehead atoms. The zero-order valence-corrected chi connectivity index (χ0v) is 14.6. The van der Waals surface area contributed by atoms with E-state index in [9.17, 15) is 4.79 Å². The number of amides is 1. The summed E-state index contributed by atoms with van der Waals surface area (Å²) in [7, 11) is 0. The van der Waals surface area contributed by atoms with Gasteiger partial charge in [-0.1, -0.05) is 30.3 Å². The molecule has 3 rings (SSSR count). The molecule has 0 fully saturated rings. The molecule has 134 valence electrons. The molecule has 7 nitrogen and oxygen atoms in total. The zero-order chi connectivity index (χ0) is 18.2. The number of hydrogen-bond donors (Lipinski definition) is 1. The number of tetrazole rings is 1. The average Bonchev–Trinajstić information content (AvgIpc) is 3.15. The van der Waals surface area contributed by atoms with Crippen LogP contribution in [0.2, 0.25) is 0 Å². The summed E-state index contributed by atoms with van der Waals surface area (Å²) >= 11 is 0. The van der Waals surface area contributed by atoms with E-state index in [-0.39, 0.29) is 12.5 Å². The first-order valence-corrected chi connectivity index (χ1v) is 8.57. The Morgan fingerprint density at radius 2 is 1.88 bits per heavy atom. The minimum atomic E-state index is -0.0323. The van der Waals surface area contributed by atoms with Gasteiger partial charge in [0.25, 0.3) is 0 Å². The highest BCUT2D eigenvalue weighted by Gasteiger charge is 2.10. The highest BCUT2D eigenvalue weighted by molar-refractivity contribution is 5.76. The standard InChI is InChI=1S/C19H21N5O2/c1-2-26-17-11-9-16(10-12-17)24-18(21-22-23-24)14-20-19(25)13-8-15-6-4-3-5-7-15/h3-7,9-12H,2,8,13-14H2,1H3,(H,20,25). The summed E-state index contributed by atoms with van der Waals surface area (Å²) in [5.74, 6) is 1.33. The Labute approximate surface area is 152 Å². The molecule has 1 aromatic heterocycles. The van der Waals surface area contributed by atoms with E-state index in [0.717, 1.165) is 17.0 Å². The van der Waals surface area contributed by atoms with Crippen LogP contribution in [0.3, 0.4) is 0 Å². The Balaban J connectivity index is 1.56. The molecule has 7 heteroatoms. The van der Waals surface area contributed by atoms with Gasteiger partial charge in [0.15, 0.2) is 5.82 Å². The fraction of sp³-hybridized carbons (Fsp3) is 0.263. The first-order chi connectivity index (χ1) is 12.8. The van der Waals surface area contributed by atoms with E-state index in [1.54, 1.807) is 4.68 Å². The van der Waals surface area contributed by atoms with Gasteiger partial charge in [-0.05, 0) is 53.6 Å². The first-order valence-electron chi connectivity index (χ1n) is 8.57. The molecule has 1 N–H and O–H groups in total. The third-order valence-corrected chi connectivity index (χ3v) is 3.85. The van der Waals surface area contributed by atoms with Gasteiger partial charge in [-0.3, -0.25) is 4.79 Å². The van der Waals surface area contributed by atoms with Gasteiger partial charge >= 0.3 is 0 Å². The van der Waals surface area contributed by atoms with Crippen LogP contribution in [-0.2, 0) is 17.8 Å². The quantitative estimate of drug-likeness (QED) is 0.673. The van der Waals surface area contributed by atoms with Crippen LogP contribution in [0.25, 0.3) is 5.69 Å². The maximum atomic E-state index is 12.1. The minimum absolute atomic E-state index is 0.0323. The number of rotatable bonds is 8. The van der Waals surface area contributed by atoms with Crippen molar-refractivity contribution in [3.63, 3.8) is 0 Å². The lowest BCUT2D eigenvalue weighted by molar-refractivity contribution is -0.121. The van der Waals surface area contributed by atoms with Crippen molar-refractivity contribution < 1.29 is 9.53 Å². The minimum Gasteiger partial charge on any atom is -0.494 e. The number of carbonyl (C=O) groups is 1. The predicted molar refractivity (Wildman–Crippen MR) is 96.9 cm³/mol. The normalized spacial score (nSPS) is 10.5. The molecule has 0 aliphatic rings. The van der Waals surface area contributed by atoms with E-state index in [2.05, 4.69) is 20.8 Å². The van der Waals surface area contributed by atoms with E-state index in [4.69, 9.17) is 4.74 Å². The van der Waals surface area contributed by atoms with E-state index in [1.165, 1.54) is 0 Å². The summed E-state index contributed by atoms with van der Waals surface area (Å²) in [6.45, 7) is 2.83. The van der Waals surface area contributed by atoms with Crippen LogP contribution >= 0.6 is 0 Å². The fourth-order valence-corrected chi connectivity index (χ4v) is 2.54. The maximum Gasteiger partial charge on any atom is 0.220 e. The molecule has 3 aromatic rings. The Morgan fingerprint density at radius 1 is 1.12 bits per heavy atom. The summed E-state index contributed by atoms with van der Waals surface area (Å²) in [5, 5.41) is 14.6. The predicted octanol–water partition coefficient (Wildman–Crippen LogP) is 2.31. The molecule has 0 saturated carbocycles. The van der Waals surface area contributed by atoms with Crippen molar-refractivity contribution in [2.45, 2.75) is 26.3 Å². The topological polar surface area (TPSA) is 81.9 Å². The molecule has 0 atom stereocenters. The van der Waals surface area contributed by atoms with Crippen LogP contribution < -0.4 is 10.1 Å². The zero-order valence-electron chi connectivity index (χ0n) is 14.6. The summed E-state index contributed by atoms with van der Waals surface area (Å²) < 4.78 is 7.04. The molecule has 1 heterocycles. The van der Waals surface area contributed by atoms with Crippen molar-refractivity contribution >= 4 is 5.91 Å². The molecule has 0 saturated heterocycles. The number of ether oxygens (including phenoxy) is 1. The molecule has 0 spiro atoms. The average molecular weight is 351 g/mol. The third kappa shape index (κ3) is 4.66. The Morgan fingerprint density at radius 3 is 2.62 bits per heavy atom. The third-order valence-electron chi connectivity index (χ3n) is 3.85. The van der Waals surface area contributed by atoms with Gasteiger partial charge in [0.05, 0.1) is 18.8 Å². The highest BCUT2D eigenvalue weighted by Crippen LogP contribution is 2.15. The van der Waals surface area contributed by atoms with Crippen molar-refractivity contribution in [2.75, 3.05) is 6.61 Å². The molecule has 0 aliphatic carbocycles. The summed E-state index contributed by atoms with van der Waals surface area (Å²) in [6, 6.07) is 17.4. The van der Waals surface area contributed by atoms with Crippen LogP contribution in [0, 0.1) is 0 Å². The van der Waals surface area contributed by atoms with Gasteiger partial charge in [0, 0.05) is 6.42 Å². The number of hydrogen-bond acceptors (Lipinski definition) is 5. The molecule has 0 aliphatic heterocycles. The van der Waals surface area contributed by atoms with Crippen molar-refractivity contribution in [3.8, 4) is 11.4 Å². The molecular formula is C19H21N5O2. The number of aryl methyl sites for hydroxylation is 1. The Hall–Kier alpha value is -3.22. The van der Waals surface area contributed by atoms with Crippen LogP contribution in [-0.4, -0.2) is 32.7 Å². The van der Waals surface area contributed by atoms with Crippen molar-refractivity contribution in [1.29, 1.82) is 0 Å². The summed E-state index contributed by atoms with van der Waals surface area (Å²) in [6.07, 6.45) is 1.13. The largest absolute Gasteiger partial charge is 0.494 e. The lowest BCUT2D eigenvalue weighted by Gasteiger charge is -2.08. The second kappa shape index (κ2) is 8.75. The number of aromatic nitrogens is 4. The molecule has 1 amide bonds. The number of benzene rings is 2. The molecule has 0 unspecified atom stereocenters. The lowest BCUT2D eigenvalue weighted by Crippen LogP contribution is -2.25. The molecular weight excluding hydrogens is 330 g/mol. The van der Waals surface area contributed by atoms with Gasteiger partial charge < -0.3 is 10.1 Å². The summed E-state index contributed by atoms with van der Waals surface area (Å²) in [5.41, 5.74) is 1.95. The number of nitrogens with one attached hydrogen (secondary N) is 1. The van der Waals surface area contributed by atoms with E-state index in [0.29, 0.717) is 25.3 Å². The van der Waals surface area contributed by atoms with E-state index < -0.39 is 0 Å². The SMILES string of the molecule is CCOc1ccc(-n2nnnc2CNC(=O)CCc2ccccc2)cc1. The van der Waals surface area contributed by atoms with Gasteiger partial charge in [-0.2, -0.15) is 4.68 Å². The van der Waals surface area contributed by atoms with Crippen LogP contribution in [0.4, 0.5) is 0 Å². The highest BCUT2D eigenvalue weighted by atomic mass is 16.5. The maximum absolute atomic E-state index is 12.1. The number of carbonyl (C=O) groups excluding carboxylic acids is 1. The molecule has 26 heavy (non-hydrogen) atoms. The number of nitrogens with zero attached hydrogens (tertiary/aromatic N) is 4. The summed E-state index contributed by atoms with van der Waals surface area (Å²) in [4.78, 5) is 12.1. The fourth-order valence-electron chi connectivity index (χ4n) is 2.54. The van der Waals surface area contributed by atoms with Crippen LogP contribution in [0.15, 0.2) is 54.6 Å². The monoisotopic (exact) mass is 351 g/mol. The van der Waals surface area contributed by atoms with Gasteiger partial charge in [-0.15, -0.1) is 5.10 Å². The molecule has 2 aromatic carbocycles. The van der Waals surface area contributed by atoms with Gasteiger partial charge in [0.2, 0.25) is 5.91 Å².